The summed E-state index contributed by atoms with van der Waals surface area (Å²) in [6, 6.07) is 6.07. The number of nitrogen functional groups attached to an aromatic ring is 1. The number of halogens is 3. The molecular weight excluding hydrogens is 259 g/mol. The quantitative estimate of drug-likeness (QED) is 0.905. The Morgan fingerprint density at radius 3 is 2.68 bits per heavy atom. The van der Waals surface area contributed by atoms with Crippen LogP contribution in [0.4, 0.5) is 18.9 Å². The summed E-state index contributed by atoms with van der Waals surface area (Å²) in [5, 5.41) is 3.77. The average Bonchev–Trinajstić information content (AvgIpc) is 2.34. The van der Waals surface area contributed by atoms with Crippen LogP contribution in [0.25, 0.3) is 0 Å². The van der Waals surface area contributed by atoms with E-state index >= 15 is 0 Å². The number of hydrogen-bond acceptors (Lipinski definition) is 3. The first-order chi connectivity index (χ1) is 8.88. The maximum atomic E-state index is 12.5. The van der Waals surface area contributed by atoms with Crippen molar-refractivity contribution < 1.29 is 13.2 Å². The van der Waals surface area contributed by atoms with Crippen LogP contribution in [0.2, 0.25) is 0 Å². The molecule has 0 unspecified atom stereocenters. The predicted octanol–water partition coefficient (Wildman–Crippen LogP) is 1.89. The van der Waals surface area contributed by atoms with Gasteiger partial charge in [-0.05, 0) is 23.8 Å². The number of rotatable bonds is 2. The van der Waals surface area contributed by atoms with Gasteiger partial charge < -0.3 is 5.73 Å². The van der Waals surface area contributed by atoms with Crippen molar-refractivity contribution in [2.45, 2.75) is 12.7 Å². The maximum Gasteiger partial charge on any atom is 0.416 e. The number of nitrogens with zero attached hydrogens (tertiary/aromatic N) is 2. The Balaban J connectivity index is 2.34. The number of benzene rings is 1. The molecular formula is C12H10F3N3O. The van der Waals surface area contributed by atoms with Crippen molar-refractivity contribution in [1.82, 2.24) is 9.78 Å². The van der Waals surface area contributed by atoms with E-state index in [1.165, 1.54) is 24.4 Å². The van der Waals surface area contributed by atoms with Crippen molar-refractivity contribution in [2.75, 3.05) is 5.73 Å². The van der Waals surface area contributed by atoms with Crippen LogP contribution in [-0.2, 0) is 12.7 Å². The molecule has 1 heterocycles. The SMILES string of the molecule is Nc1ccnn(Cc2cccc(C(F)(F)F)c2)c1=O. The minimum Gasteiger partial charge on any atom is -0.394 e. The lowest BCUT2D eigenvalue weighted by Gasteiger charge is -2.09. The van der Waals surface area contributed by atoms with Gasteiger partial charge in [0, 0.05) is 6.20 Å². The standard InChI is InChI=1S/C12H10F3N3O/c13-12(14,15)9-3-1-2-8(6-9)7-18-11(19)10(16)4-5-17-18/h1-6H,7,16H2. The van der Waals surface area contributed by atoms with Crippen LogP contribution in [0.15, 0.2) is 41.3 Å². The topological polar surface area (TPSA) is 60.9 Å². The molecule has 0 fully saturated rings. The highest BCUT2D eigenvalue weighted by Crippen LogP contribution is 2.29. The molecule has 100 valence electrons. The van der Waals surface area contributed by atoms with Gasteiger partial charge in [0.2, 0.25) is 0 Å². The summed E-state index contributed by atoms with van der Waals surface area (Å²) in [7, 11) is 0. The van der Waals surface area contributed by atoms with Crippen LogP contribution in [0, 0.1) is 0 Å². The molecule has 0 spiro atoms. The van der Waals surface area contributed by atoms with Crippen molar-refractivity contribution in [1.29, 1.82) is 0 Å². The molecule has 2 aromatic rings. The highest BCUT2D eigenvalue weighted by Gasteiger charge is 2.30. The van der Waals surface area contributed by atoms with E-state index in [1.54, 1.807) is 0 Å². The van der Waals surface area contributed by atoms with E-state index in [4.69, 9.17) is 5.73 Å². The van der Waals surface area contributed by atoms with Crippen LogP contribution in [0.1, 0.15) is 11.1 Å². The van der Waals surface area contributed by atoms with Crippen molar-refractivity contribution in [3.63, 3.8) is 0 Å². The minimum absolute atomic E-state index is 0.00183. The van der Waals surface area contributed by atoms with E-state index in [9.17, 15) is 18.0 Å². The Labute approximate surface area is 106 Å². The Kier molecular flexibility index (Phi) is 3.28. The molecule has 2 N–H and O–H groups in total. The van der Waals surface area contributed by atoms with Gasteiger partial charge in [-0.2, -0.15) is 18.3 Å². The number of anilines is 1. The second kappa shape index (κ2) is 4.75. The highest BCUT2D eigenvalue weighted by atomic mass is 19.4. The minimum atomic E-state index is -4.41. The molecule has 0 bridgehead atoms. The monoisotopic (exact) mass is 269 g/mol. The molecule has 19 heavy (non-hydrogen) atoms. The van der Waals surface area contributed by atoms with Gasteiger partial charge in [0.05, 0.1) is 12.1 Å². The summed E-state index contributed by atoms with van der Waals surface area (Å²) in [6.07, 6.45) is -3.09. The van der Waals surface area contributed by atoms with Crippen LogP contribution in [0.5, 0.6) is 0 Å². The molecule has 0 aliphatic rings. The first-order valence-corrected chi connectivity index (χ1v) is 5.35. The maximum absolute atomic E-state index is 12.5. The van der Waals surface area contributed by atoms with E-state index in [-0.39, 0.29) is 12.2 Å². The van der Waals surface area contributed by atoms with E-state index in [0.717, 1.165) is 16.8 Å². The fourth-order valence-corrected chi connectivity index (χ4v) is 1.60. The molecule has 0 saturated heterocycles. The van der Waals surface area contributed by atoms with Crippen molar-refractivity contribution in [2.24, 2.45) is 0 Å². The first-order valence-electron chi connectivity index (χ1n) is 5.35. The Bertz CT molecular complexity index is 649. The van der Waals surface area contributed by atoms with Gasteiger partial charge in [0.1, 0.15) is 5.69 Å². The molecule has 0 radical (unpaired) electrons. The highest BCUT2D eigenvalue weighted by molar-refractivity contribution is 5.32. The van der Waals surface area contributed by atoms with Gasteiger partial charge in [0.25, 0.3) is 5.56 Å². The number of nitrogens with two attached hydrogens (primary N) is 1. The summed E-state index contributed by atoms with van der Waals surface area (Å²) in [5.41, 5.74) is 4.46. The fourth-order valence-electron chi connectivity index (χ4n) is 1.60. The summed E-state index contributed by atoms with van der Waals surface area (Å²) in [5.74, 6) is 0. The third kappa shape index (κ3) is 2.93. The number of alkyl halides is 3. The van der Waals surface area contributed by atoms with E-state index < -0.39 is 17.3 Å². The van der Waals surface area contributed by atoms with E-state index in [1.807, 2.05) is 0 Å². The molecule has 4 nitrogen and oxygen atoms in total. The zero-order valence-corrected chi connectivity index (χ0v) is 9.69. The Hall–Kier alpha value is -2.31. The number of aromatic nitrogens is 2. The first kappa shape index (κ1) is 13.1. The van der Waals surface area contributed by atoms with Gasteiger partial charge in [-0.25, -0.2) is 4.68 Å². The fraction of sp³-hybridized carbons (Fsp3) is 0.167. The van der Waals surface area contributed by atoms with Crippen molar-refractivity contribution in [3.05, 3.63) is 58.0 Å². The van der Waals surface area contributed by atoms with Crippen LogP contribution in [0.3, 0.4) is 0 Å². The van der Waals surface area contributed by atoms with Crippen molar-refractivity contribution in [3.8, 4) is 0 Å². The van der Waals surface area contributed by atoms with Gasteiger partial charge in [-0.15, -0.1) is 0 Å². The third-order valence-electron chi connectivity index (χ3n) is 2.53. The van der Waals surface area contributed by atoms with Gasteiger partial charge in [-0.3, -0.25) is 4.79 Å². The molecule has 0 atom stereocenters. The molecule has 0 aliphatic carbocycles. The number of hydrogen-bond donors (Lipinski definition) is 1. The van der Waals surface area contributed by atoms with Gasteiger partial charge in [0.15, 0.2) is 0 Å². The summed E-state index contributed by atoms with van der Waals surface area (Å²) >= 11 is 0. The van der Waals surface area contributed by atoms with E-state index in [0.29, 0.717) is 5.56 Å². The van der Waals surface area contributed by atoms with Crippen LogP contribution in [-0.4, -0.2) is 9.78 Å². The molecule has 7 heteroatoms. The molecule has 1 aromatic heterocycles. The smallest absolute Gasteiger partial charge is 0.394 e. The lowest BCUT2D eigenvalue weighted by Crippen LogP contribution is -2.25. The summed E-state index contributed by atoms with van der Waals surface area (Å²) in [6.45, 7) is -0.0617. The molecule has 0 aliphatic heterocycles. The predicted molar refractivity (Wildman–Crippen MR) is 63.5 cm³/mol. The largest absolute Gasteiger partial charge is 0.416 e. The summed E-state index contributed by atoms with van der Waals surface area (Å²) < 4.78 is 38.7. The average molecular weight is 269 g/mol. The van der Waals surface area contributed by atoms with Crippen LogP contribution < -0.4 is 11.3 Å². The zero-order chi connectivity index (χ0) is 14.0. The molecule has 1 aromatic carbocycles. The Morgan fingerprint density at radius 2 is 2.00 bits per heavy atom. The third-order valence-corrected chi connectivity index (χ3v) is 2.53. The second-order valence-electron chi connectivity index (χ2n) is 3.95. The lowest BCUT2D eigenvalue weighted by molar-refractivity contribution is -0.137. The van der Waals surface area contributed by atoms with Crippen LogP contribution >= 0.6 is 0 Å². The van der Waals surface area contributed by atoms with Gasteiger partial charge in [-0.1, -0.05) is 12.1 Å². The van der Waals surface area contributed by atoms with Crippen molar-refractivity contribution >= 4 is 5.69 Å². The van der Waals surface area contributed by atoms with E-state index in [2.05, 4.69) is 5.10 Å². The lowest BCUT2D eigenvalue weighted by atomic mass is 10.1. The molecule has 0 amide bonds. The summed E-state index contributed by atoms with van der Waals surface area (Å²) in [4.78, 5) is 11.6. The second-order valence-corrected chi connectivity index (χ2v) is 3.95. The molecule has 0 saturated carbocycles. The molecule has 2 rings (SSSR count). The van der Waals surface area contributed by atoms with Gasteiger partial charge >= 0.3 is 6.18 Å². The zero-order valence-electron chi connectivity index (χ0n) is 9.69. The Morgan fingerprint density at radius 1 is 1.26 bits per heavy atom. The normalized spacial score (nSPS) is 11.5.